The van der Waals surface area contributed by atoms with E-state index in [1.807, 2.05) is 0 Å². The first-order valence-electron chi connectivity index (χ1n) is 8.94. The summed E-state index contributed by atoms with van der Waals surface area (Å²) < 4.78 is 62.5. The molecule has 2 heterocycles. The van der Waals surface area contributed by atoms with Crippen molar-refractivity contribution < 1.29 is 39.5 Å². The maximum Gasteiger partial charge on any atom is 0.410 e. The van der Waals surface area contributed by atoms with Gasteiger partial charge >= 0.3 is 32.5 Å². The molecule has 1 unspecified atom stereocenters. The minimum atomic E-state index is -4.66. The minimum absolute atomic E-state index is 0.0885. The Morgan fingerprint density at radius 3 is 2.69 bits per heavy atom. The van der Waals surface area contributed by atoms with E-state index >= 15 is 0 Å². The molecular weight excluding hydrogens is 468 g/mol. The Labute approximate surface area is 183 Å². The number of aromatic amines is 1. The molecule has 1 aromatic heterocycles. The first kappa shape index (κ1) is 23.4. The van der Waals surface area contributed by atoms with E-state index in [0.717, 1.165) is 0 Å². The molecule has 0 saturated heterocycles. The number of H-pyrrole nitrogens is 1. The summed E-state index contributed by atoms with van der Waals surface area (Å²) in [7, 11) is -9.26. The smallest absolute Gasteiger partial charge is 0.362 e. The monoisotopic (exact) mass is 486 g/mol. The van der Waals surface area contributed by atoms with Crippen molar-refractivity contribution in [2.75, 3.05) is 4.72 Å². The van der Waals surface area contributed by atoms with E-state index in [-0.39, 0.29) is 18.7 Å². The number of hydrogen-bond acceptors (Lipinski definition) is 10. The van der Waals surface area contributed by atoms with Gasteiger partial charge in [0.2, 0.25) is 0 Å². The third kappa shape index (κ3) is 5.70. The molecule has 3 rings (SSSR count). The average molecular weight is 486 g/mol. The summed E-state index contributed by atoms with van der Waals surface area (Å²) in [4.78, 5) is 30.5. The van der Waals surface area contributed by atoms with Crippen LogP contribution in [0.2, 0.25) is 0 Å². The lowest BCUT2D eigenvalue weighted by molar-refractivity contribution is -0.132. The second-order valence-corrected chi connectivity index (χ2v) is 8.85. The Hall–Kier alpha value is -3.27. The SMILES string of the molecule is CC/C(=C/C(=O)OS(N)(=O)=O)C(=O)OS(=O)(=O)Nc1cccc2c1COC2c1cnc[nH]1. The fourth-order valence-electron chi connectivity index (χ4n) is 2.93. The predicted octanol–water partition coefficient (Wildman–Crippen LogP) is 0.312. The van der Waals surface area contributed by atoms with Crippen LogP contribution in [-0.4, -0.2) is 38.7 Å². The van der Waals surface area contributed by atoms with Gasteiger partial charge in [-0.25, -0.2) is 14.6 Å². The first-order chi connectivity index (χ1) is 15.0. The molecule has 0 spiro atoms. The Balaban J connectivity index is 1.76. The van der Waals surface area contributed by atoms with Crippen LogP contribution in [0.1, 0.15) is 36.3 Å². The quantitative estimate of drug-likeness (QED) is 0.437. The number of aromatic nitrogens is 2. The Kier molecular flexibility index (Phi) is 6.63. The number of nitrogens with one attached hydrogen (secondary N) is 2. The number of hydrogen-bond donors (Lipinski definition) is 3. The Bertz CT molecular complexity index is 1270. The molecule has 0 amide bonds. The maximum atomic E-state index is 12.4. The lowest BCUT2D eigenvalue weighted by atomic mass is 10.0. The standard InChI is InChI=1S/C17H18N4O9S2/c1-2-10(6-15(22)29-31(18,24)25)17(23)30-32(26,27)21-13-5-3-4-11-12(13)8-28-16(11)14-7-19-9-20-14/h3-7,9,16,21H,2,8H2,1H3,(H,19,20)(H2,18,24,25)/b10-6-. The van der Waals surface area contributed by atoms with Gasteiger partial charge in [0.05, 0.1) is 30.5 Å². The van der Waals surface area contributed by atoms with Gasteiger partial charge in [-0.05, 0) is 18.1 Å². The molecule has 172 valence electrons. The summed E-state index contributed by atoms with van der Waals surface area (Å²) in [5.74, 6) is -2.87. The zero-order chi connectivity index (χ0) is 23.5. The molecule has 15 heteroatoms. The predicted molar refractivity (Wildman–Crippen MR) is 108 cm³/mol. The van der Waals surface area contributed by atoms with Gasteiger partial charge in [-0.2, -0.15) is 22.0 Å². The number of carbonyl (C=O) groups is 2. The molecule has 4 N–H and O–H groups in total. The van der Waals surface area contributed by atoms with E-state index in [9.17, 15) is 26.4 Å². The average Bonchev–Trinajstić information content (AvgIpc) is 3.33. The minimum Gasteiger partial charge on any atom is -0.362 e. The lowest BCUT2D eigenvalue weighted by Gasteiger charge is -2.12. The number of rotatable bonds is 8. The zero-order valence-electron chi connectivity index (χ0n) is 16.5. The number of nitrogens with two attached hydrogens (primary N) is 1. The summed E-state index contributed by atoms with van der Waals surface area (Å²) in [5.41, 5.74) is 1.59. The van der Waals surface area contributed by atoms with Gasteiger partial charge in [0.1, 0.15) is 6.10 Å². The molecule has 0 radical (unpaired) electrons. The van der Waals surface area contributed by atoms with Gasteiger partial charge < -0.3 is 18.1 Å². The number of nitrogens with zero attached hydrogens (tertiary/aromatic N) is 1. The summed E-state index contributed by atoms with van der Waals surface area (Å²) >= 11 is 0. The van der Waals surface area contributed by atoms with E-state index in [1.54, 1.807) is 18.3 Å². The second-order valence-electron chi connectivity index (χ2n) is 6.42. The Morgan fingerprint density at radius 1 is 1.31 bits per heavy atom. The number of fused-ring (bicyclic) bond motifs is 1. The van der Waals surface area contributed by atoms with E-state index in [1.165, 1.54) is 19.3 Å². The largest absolute Gasteiger partial charge is 0.410 e. The van der Waals surface area contributed by atoms with E-state index in [2.05, 4.69) is 28.2 Å². The van der Waals surface area contributed by atoms with Gasteiger partial charge in [0.15, 0.2) is 0 Å². The van der Waals surface area contributed by atoms with Crippen molar-refractivity contribution in [1.29, 1.82) is 0 Å². The van der Waals surface area contributed by atoms with Crippen molar-refractivity contribution >= 4 is 38.2 Å². The summed E-state index contributed by atoms with van der Waals surface area (Å²) in [6.07, 6.45) is 2.91. The summed E-state index contributed by atoms with van der Waals surface area (Å²) in [6.45, 7) is 1.50. The van der Waals surface area contributed by atoms with Gasteiger partial charge in [0, 0.05) is 17.2 Å². The fraction of sp³-hybridized carbons (Fsp3) is 0.235. The van der Waals surface area contributed by atoms with Crippen LogP contribution in [0.3, 0.4) is 0 Å². The van der Waals surface area contributed by atoms with Crippen molar-refractivity contribution in [1.82, 2.24) is 9.97 Å². The highest BCUT2D eigenvalue weighted by Crippen LogP contribution is 2.38. The van der Waals surface area contributed by atoms with Crippen LogP contribution in [0.25, 0.3) is 0 Å². The van der Waals surface area contributed by atoms with Crippen LogP contribution in [0, 0.1) is 0 Å². The van der Waals surface area contributed by atoms with Crippen molar-refractivity contribution in [2.45, 2.75) is 26.1 Å². The van der Waals surface area contributed by atoms with Crippen LogP contribution in [-0.2, 0) is 49.9 Å². The number of benzene rings is 1. The number of ether oxygens (including phenoxy) is 1. The molecule has 2 aromatic rings. The number of anilines is 1. The van der Waals surface area contributed by atoms with Crippen molar-refractivity contribution in [2.24, 2.45) is 5.14 Å². The van der Waals surface area contributed by atoms with Gasteiger partial charge in [0.25, 0.3) is 0 Å². The van der Waals surface area contributed by atoms with Gasteiger partial charge in [-0.3, -0.25) is 4.72 Å². The number of imidazole rings is 1. The molecule has 1 aromatic carbocycles. The summed E-state index contributed by atoms with van der Waals surface area (Å²) in [5, 5.41) is 4.56. The second kappa shape index (κ2) is 9.07. The third-order valence-corrected chi connectivity index (χ3v) is 5.48. The Morgan fingerprint density at radius 2 is 2.06 bits per heavy atom. The maximum absolute atomic E-state index is 12.4. The van der Waals surface area contributed by atoms with Crippen LogP contribution in [0.5, 0.6) is 0 Å². The topological polar surface area (TPSA) is 197 Å². The van der Waals surface area contributed by atoms with Crippen molar-refractivity contribution in [3.8, 4) is 0 Å². The van der Waals surface area contributed by atoms with Gasteiger partial charge in [-0.1, -0.05) is 19.1 Å². The molecule has 0 fully saturated rings. The highest BCUT2D eigenvalue weighted by molar-refractivity contribution is 7.88. The normalized spacial score (nSPS) is 16.3. The van der Waals surface area contributed by atoms with Crippen LogP contribution in [0.4, 0.5) is 5.69 Å². The highest BCUT2D eigenvalue weighted by atomic mass is 32.2. The molecule has 1 atom stereocenters. The molecule has 0 aliphatic carbocycles. The molecule has 13 nitrogen and oxygen atoms in total. The first-order valence-corrected chi connectivity index (χ1v) is 11.8. The molecule has 1 aliphatic heterocycles. The van der Waals surface area contributed by atoms with Crippen LogP contribution < -0.4 is 9.86 Å². The van der Waals surface area contributed by atoms with Crippen molar-refractivity contribution in [3.63, 3.8) is 0 Å². The summed E-state index contributed by atoms with van der Waals surface area (Å²) in [6, 6.07) is 4.81. The molecule has 1 aliphatic rings. The molecule has 0 saturated carbocycles. The zero-order valence-corrected chi connectivity index (χ0v) is 18.1. The molecular formula is C17H18N4O9S2. The number of carbonyl (C=O) groups excluding carboxylic acids is 2. The van der Waals surface area contributed by atoms with E-state index < -0.39 is 44.2 Å². The van der Waals surface area contributed by atoms with Crippen LogP contribution in [0.15, 0.2) is 42.4 Å². The highest BCUT2D eigenvalue weighted by Gasteiger charge is 2.30. The van der Waals surface area contributed by atoms with Gasteiger partial charge in [-0.15, -0.1) is 0 Å². The molecule has 32 heavy (non-hydrogen) atoms. The van der Waals surface area contributed by atoms with Crippen molar-refractivity contribution in [3.05, 3.63) is 59.2 Å². The fourth-order valence-corrected chi connectivity index (χ4v) is 4.01. The van der Waals surface area contributed by atoms with Crippen LogP contribution >= 0.6 is 0 Å². The van der Waals surface area contributed by atoms with E-state index in [0.29, 0.717) is 22.9 Å². The van der Waals surface area contributed by atoms with E-state index in [4.69, 9.17) is 4.74 Å². The molecule has 0 bridgehead atoms. The third-order valence-electron chi connectivity index (χ3n) is 4.24. The lowest BCUT2D eigenvalue weighted by Crippen LogP contribution is -2.23.